The van der Waals surface area contributed by atoms with E-state index in [4.69, 9.17) is 0 Å². The first-order chi connectivity index (χ1) is 9.87. The Labute approximate surface area is 125 Å². The Morgan fingerprint density at radius 3 is 2.43 bits per heavy atom. The second-order valence-corrected chi connectivity index (χ2v) is 7.64. The lowest BCUT2D eigenvalue weighted by molar-refractivity contribution is -0.137. The number of carbonyl (C=O) groups excluding carboxylic acids is 2. The standard InChI is InChI=1S/C13H23N3O4S/c1-3-11-13(18)14-12(17)9-16(11)21(19,20)15(2)10-7-5-4-6-8-10/h10-11H,3-9H2,1-2H3,(H,14,17,18). The van der Waals surface area contributed by atoms with Crippen molar-refractivity contribution >= 4 is 22.0 Å². The number of hydrogen-bond acceptors (Lipinski definition) is 4. The van der Waals surface area contributed by atoms with Crippen molar-refractivity contribution in [1.29, 1.82) is 0 Å². The molecule has 0 bridgehead atoms. The van der Waals surface area contributed by atoms with Gasteiger partial charge in [0.05, 0.1) is 6.54 Å². The zero-order chi connectivity index (χ0) is 15.6. The molecule has 2 amide bonds. The molecule has 1 aliphatic heterocycles. The SMILES string of the molecule is CCC1C(=O)NC(=O)CN1S(=O)(=O)N(C)C1CCCCC1. The minimum atomic E-state index is -3.80. The lowest BCUT2D eigenvalue weighted by atomic mass is 9.96. The zero-order valence-corrected chi connectivity index (χ0v) is 13.4. The van der Waals surface area contributed by atoms with Gasteiger partial charge in [0.25, 0.3) is 10.2 Å². The molecule has 1 saturated carbocycles. The van der Waals surface area contributed by atoms with Gasteiger partial charge >= 0.3 is 0 Å². The summed E-state index contributed by atoms with van der Waals surface area (Å²) in [7, 11) is -2.25. The van der Waals surface area contributed by atoms with Crippen molar-refractivity contribution in [3.8, 4) is 0 Å². The highest BCUT2D eigenvalue weighted by Gasteiger charge is 2.43. The van der Waals surface area contributed by atoms with Gasteiger partial charge in [0.1, 0.15) is 6.04 Å². The Morgan fingerprint density at radius 1 is 1.24 bits per heavy atom. The second kappa shape index (κ2) is 6.41. The van der Waals surface area contributed by atoms with E-state index in [-0.39, 0.29) is 12.6 Å². The second-order valence-electron chi connectivity index (χ2n) is 5.70. The highest BCUT2D eigenvalue weighted by Crippen LogP contribution is 2.26. The fourth-order valence-electron chi connectivity index (χ4n) is 3.07. The van der Waals surface area contributed by atoms with Crippen LogP contribution in [0.1, 0.15) is 45.4 Å². The van der Waals surface area contributed by atoms with Gasteiger partial charge in [0.2, 0.25) is 11.8 Å². The van der Waals surface area contributed by atoms with Crippen molar-refractivity contribution in [2.45, 2.75) is 57.5 Å². The molecule has 1 saturated heterocycles. The third-order valence-corrected chi connectivity index (χ3v) is 6.35. The number of nitrogens with one attached hydrogen (secondary N) is 1. The average molecular weight is 317 g/mol. The number of nitrogens with zero attached hydrogens (tertiary/aromatic N) is 2. The van der Waals surface area contributed by atoms with Crippen LogP contribution in [0, 0.1) is 0 Å². The third kappa shape index (κ3) is 3.27. The molecule has 7 nitrogen and oxygen atoms in total. The van der Waals surface area contributed by atoms with Gasteiger partial charge in [-0.2, -0.15) is 17.0 Å². The van der Waals surface area contributed by atoms with Gasteiger partial charge in [-0.3, -0.25) is 14.9 Å². The maximum Gasteiger partial charge on any atom is 0.283 e. The highest BCUT2D eigenvalue weighted by atomic mass is 32.2. The van der Waals surface area contributed by atoms with E-state index in [1.54, 1.807) is 14.0 Å². The Hall–Kier alpha value is -0.990. The smallest absolute Gasteiger partial charge is 0.283 e. The summed E-state index contributed by atoms with van der Waals surface area (Å²) in [6.07, 6.45) is 5.17. The highest BCUT2D eigenvalue weighted by molar-refractivity contribution is 7.86. The van der Waals surface area contributed by atoms with Crippen LogP contribution in [0.4, 0.5) is 0 Å². The van der Waals surface area contributed by atoms with Crippen LogP contribution in [0.5, 0.6) is 0 Å². The Balaban J connectivity index is 2.23. The van der Waals surface area contributed by atoms with Gasteiger partial charge < -0.3 is 0 Å². The van der Waals surface area contributed by atoms with E-state index in [9.17, 15) is 18.0 Å². The van der Waals surface area contributed by atoms with Crippen molar-refractivity contribution < 1.29 is 18.0 Å². The molecule has 2 fully saturated rings. The zero-order valence-electron chi connectivity index (χ0n) is 12.5. The monoisotopic (exact) mass is 317 g/mol. The lowest BCUT2D eigenvalue weighted by Gasteiger charge is -2.38. The Bertz CT molecular complexity index is 514. The first-order valence-corrected chi connectivity index (χ1v) is 8.86. The van der Waals surface area contributed by atoms with Crippen molar-refractivity contribution in [1.82, 2.24) is 13.9 Å². The molecule has 1 heterocycles. The molecule has 1 unspecified atom stereocenters. The molecule has 1 N–H and O–H groups in total. The first kappa shape index (κ1) is 16.4. The summed E-state index contributed by atoms with van der Waals surface area (Å²) in [5.74, 6) is -1.10. The van der Waals surface area contributed by atoms with Crippen LogP contribution >= 0.6 is 0 Å². The van der Waals surface area contributed by atoms with Crippen LogP contribution in [-0.2, 0) is 19.8 Å². The fraction of sp³-hybridized carbons (Fsp3) is 0.846. The number of carbonyl (C=O) groups is 2. The maximum absolute atomic E-state index is 12.8. The van der Waals surface area contributed by atoms with Gasteiger partial charge in [-0.05, 0) is 19.3 Å². The first-order valence-electron chi connectivity index (χ1n) is 7.46. The summed E-state index contributed by atoms with van der Waals surface area (Å²) in [6, 6.07) is -0.847. The number of rotatable bonds is 4. The molecule has 2 aliphatic rings. The summed E-state index contributed by atoms with van der Waals surface area (Å²) >= 11 is 0. The molecule has 120 valence electrons. The number of hydrogen-bond donors (Lipinski definition) is 1. The van der Waals surface area contributed by atoms with E-state index >= 15 is 0 Å². The van der Waals surface area contributed by atoms with E-state index in [2.05, 4.69) is 5.32 Å². The quantitative estimate of drug-likeness (QED) is 0.752. The van der Waals surface area contributed by atoms with Gasteiger partial charge in [-0.25, -0.2) is 0 Å². The predicted octanol–water partition coefficient (Wildman–Crippen LogP) is 0.233. The van der Waals surface area contributed by atoms with Crippen molar-refractivity contribution in [3.63, 3.8) is 0 Å². The summed E-state index contributed by atoms with van der Waals surface area (Å²) in [4.78, 5) is 23.4. The van der Waals surface area contributed by atoms with Crippen LogP contribution in [0.25, 0.3) is 0 Å². The topological polar surface area (TPSA) is 86.8 Å². The van der Waals surface area contributed by atoms with Crippen LogP contribution in [0.3, 0.4) is 0 Å². The molecule has 1 atom stereocenters. The molecule has 0 aromatic rings. The molecule has 21 heavy (non-hydrogen) atoms. The van der Waals surface area contributed by atoms with E-state index in [1.165, 1.54) is 4.31 Å². The van der Waals surface area contributed by atoms with E-state index < -0.39 is 28.1 Å². The molecule has 2 rings (SSSR count). The van der Waals surface area contributed by atoms with Crippen molar-refractivity contribution in [3.05, 3.63) is 0 Å². The fourth-order valence-corrected chi connectivity index (χ4v) is 4.84. The van der Waals surface area contributed by atoms with Crippen molar-refractivity contribution in [2.75, 3.05) is 13.6 Å². The Kier molecular flexibility index (Phi) is 5.00. The minimum Gasteiger partial charge on any atom is -0.294 e. The van der Waals surface area contributed by atoms with Gasteiger partial charge in [0.15, 0.2) is 0 Å². The minimum absolute atomic E-state index is 0.0404. The number of piperazine rings is 1. The van der Waals surface area contributed by atoms with Gasteiger partial charge in [0, 0.05) is 13.1 Å². The normalized spacial score (nSPS) is 26.1. The van der Waals surface area contributed by atoms with E-state index in [0.717, 1.165) is 36.4 Å². The summed E-state index contributed by atoms with van der Waals surface area (Å²) in [5.41, 5.74) is 0. The molecule has 0 aromatic heterocycles. The molecule has 1 aliphatic carbocycles. The maximum atomic E-state index is 12.8. The molecular weight excluding hydrogens is 294 g/mol. The van der Waals surface area contributed by atoms with Gasteiger partial charge in [-0.15, -0.1) is 0 Å². The van der Waals surface area contributed by atoms with Crippen LogP contribution in [-0.4, -0.2) is 54.5 Å². The van der Waals surface area contributed by atoms with Crippen LogP contribution < -0.4 is 5.32 Å². The molecular formula is C13H23N3O4S. The summed E-state index contributed by atoms with van der Waals surface area (Å²) in [6.45, 7) is 1.45. The predicted molar refractivity (Wildman–Crippen MR) is 77.5 cm³/mol. The molecule has 8 heteroatoms. The third-order valence-electron chi connectivity index (χ3n) is 4.35. The van der Waals surface area contributed by atoms with E-state index in [1.807, 2.05) is 0 Å². The molecule has 0 aromatic carbocycles. The van der Waals surface area contributed by atoms with Crippen LogP contribution in [0.15, 0.2) is 0 Å². The molecule has 0 radical (unpaired) electrons. The van der Waals surface area contributed by atoms with Crippen LogP contribution in [0.2, 0.25) is 0 Å². The van der Waals surface area contributed by atoms with E-state index in [0.29, 0.717) is 6.42 Å². The van der Waals surface area contributed by atoms with Gasteiger partial charge in [-0.1, -0.05) is 26.2 Å². The average Bonchev–Trinajstić information content (AvgIpc) is 2.46. The van der Waals surface area contributed by atoms with Crippen molar-refractivity contribution in [2.24, 2.45) is 0 Å². The summed E-state index contributed by atoms with van der Waals surface area (Å²) < 4.78 is 27.9. The summed E-state index contributed by atoms with van der Waals surface area (Å²) in [5, 5.41) is 2.20. The molecule has 0 spiro atoms. The Morgan fingerprint density at radius 2 is 1.86 bits per heavy atom. The largest absolute Gasteiger partial charge is 0.294 e. The number of amides is 2. The lowest BCUT2D eigenvalue weighted by Crippen LogP contribution is -2.62. The number of imide groups is 1.